The number of aromatic nitrogens is 3. The quantitative estimate of drug-likeness (QED) is 0.511. The summed E-state index contributed by atoms with van der Waals surface area (Å²) in [4.78, 5) is 21.9. The number of benzene rings is 1. The van der Waals surface area contributed by atoms with Crippen molar-refractivity contribution in [2.75, 3.05) is 7.05 Å². The van der Waals surface area contributed by atoms with Crippen molar-refractivity contribution in [3.05, 3.63) is 64.3 Å². The van der Waals surface area contributed by atoms with E-state index >= 15 is 0 Å². The fraction of sp³-hybridized carbons (Fsp3) is 0.176. The first-order valence-corrected chi connectivity index (χ1v) is 9.90. The Morgan fingerprint density at radius 3 is 2.62 bits per heavy atom. The Labute approximate surface area is 155 Å². The molecule has 0 amide bonds. The topological polar surface area (TPSA) is 74.8 Å². The van der Waals surface area contributed by atoms with Gasteiger partial charge in [0.1, 0.15) is 0 Å². The minimum absolute atomic E-state index is 0.00285. The van der Waals surface area contributed by atoms with Gasteiger partial charge in [-0.2, -0.15) is 0 Å². The summed E-state index contributed by atoms with van der Waals surface area (Å²) in [5.74, 6) is 0.661. The number of pyridine rings is 1. The average molecular weight is 505 g/mol. The van der Waals surface area contributed by atoms with Crippen LogP contribution in [0, 0.1) is 11.3 Å². The molecular formula is C17H14HgN5O. The van der Waals surface area contributed by atoms with E-state index in [2.05, 4.69) is 18.7 Å². The molecule has 3 aromatic rings. The first kappa shape index (κ1) is 16.7. The van der Waals surface area contributed by atoms with Gasteiger partial charge in [0, 0.05) is 0 Å². The Morgan fingerprint density at radius 1 is 1.29 bits per heavy atom. The summed E-state index contributed by atoms with van der Waals surface area (Å²) in [5.41, 5.74) is 1.58. The van der Waals surface area contributed by atoms with Crippen molar-refractivity contribution in [1.82, 2.24) is 17.2 Å². The molecule has 0 aliphatic rings. The Bertz CT molecular complexity index is 989. The van der Waals surface area contributed by atoms with Crippen LogP contribution in [0.3, 0.4) is 0 Å². The molecular weight excluding hydrogens is 491 g/mol. The van der Waals surface area contributed by atoms with Gasteiger partial charge in [-0.15, -0.1) is 0 Å². The molecule has 0 bridgehead atoms. The Morgan fingerprint density at radius 2 is 2.00 bits per heavy atom. The minimum atomic E-state index is -0.144. The van der Waals surface area contributed by atoms with Crippen molar-refractivity contribution in [3.63, 3.8) is 0 Å². The third-order valence-corrected chi connectivity index (χ3v) is 6.09. The monoisotopic (exact) mass is 506 g/mol. The number of hydrogen-bond donors (Lipinski definition) is 0. The van der Waals surface area contributed by atoms with Crippen molar-refractivity contribution < 1.29 is 26.4 Å². The second-order valence-electron chi connectivity index (χ2n) is 5.58. The Hall–Kier alpha value is -2.10. The first-order chi connectivity index (χ1) is 11.5. The molecule has 3 rings (SSSR count). The van der Waals surface area contributed by atoms with Crippen LogP contribution >= 0.6 is 0 Å². The summed E-state index contributed by atoms with van der Waals surface area (Å²) in [6.07, 6.45) is 1.64. The van der Waals surface area contributed by atoms with Crippen LogP contribution < -0.4 is 5.56 Å². The van der Waals surface area contributed by atoms with E-state index in [4.69, 9.17) is 5.26 Å². The van der Waals surface area contributed by atoms with E-state index in [0.29, 0.717) is 54.5 Å². The molecule has 2 aromatic heterocycles. The third kappa shape index (κ3) is 2.97. The van der Waals surface area contributed by atoms with Crippen LogP contribution in [0.15, 0.2) is 47.4 Å². The molecule has 24 heavy (non-hydrogen) atoms. The average Bonchev–Trinajstić information content (AvgIpc) is 2.61. The maximum atomic E-state index is 13.0. The van der Waals surface area contributed by atoms with Crippen molar-refractivity contribution in [2.45, 2.75) is 13.0 Å². The van der Waals surface area contributed by atoms with Gasteiger partial charge in [0.15, 0.2) is 0 Å². The van der Waals surface area contributed by atoms with Crippen LogP contribution in [0.4, 0.5) is 0 Å². The fourth-order valence-corrected chi connectivity index (χ4v) is 3.08. The molecule has 1 unspecified atom stereocenters. The van der Waals surface area contributed by atoms with E-state index in [0.717, 1.165) is 0 Å². The zero-order valence-electron chi connectivity index (χ0n) is 13.5. The maximum absolute atomic E-state index is 13.0. The summed E-state index contributed by atoms with van der Waals surface area (Å²) in [6, 6.07) is 12.5. The van der Waals surface area contributed by atoms with Crippen LogP contribution in [0.5, 0.6) is 0 Å². The van der Waals surface area contributed by atoms with Crippen LogP contribution in [0.1, 0.15) is 24.4 Å². The van der Waals surface area contributed by atoms with Gasteiger partial charge in [-0.05, 0) is 0 Å². The first-order valence-electron chi connectivity index (χ1n) is 7.44. The molecule has 0 spiro atoms. The predicted molar refractivity (Wildman–Crippen MR) is 86.0 cm³/mol. The number of hydrogen-bond acceptors (Lipinski definition) is 5. The summed E-state index contributed by atoms with van der Waals surface area (Å²) in [7, 11) is 2.02. The zero-order chi connectivity index (χ0) is 17.3. The van der Waals surface area contributed by atoms with Crippen LogP contribution in [0.2, 0.25) is 0 Å². The second-order valence-corrected chi connectivity index (χ2v) is 9.45. The van der Waals surface area contributed by atoms with E-state index < -0.39 is 0 Å². The standard InChI is InChI=1S/C17H14N5O.Hg/c1-11(19-2)16-21-15-14(4-3-9-20-15)17(23)22(16)13-7-5-12(10-18)6-8-13;/h3-9,11H,1-2H3;/q-1;+1. The molecule has 0 N–H and O–H groups in total. The van der Waals surface area contributed by atoms with Gasteiger partial charge in [0.25, 0.3) is 0 Å². The summed E-state index contributed by atoms with van der Waals surface area (Å²) in [6.45, 7) is 2.03. The number of nitrogens with zero attached hydrogens (tertiary/aromatic N) is 5. The SMILES string of the molecule is CC(c1nc2ncccc2c(=O)n1-c1ccc(C#N)cc1)[N](C)[Hg]. The van der Waals surface area contributed by atoms with Gasteiger partial charge in [-0.3, -0.25) is 0 Å². The third-order valence-electron chi connectivity index (χ3n) is 3.96. The van der Waals surface area contributed by atoms with Crippen molar-refractivity contribution in [1.29, 1.82) is 5.26 Å². The normalized spacial score (nSPS) is 12.3. The van der Waals surface area contributed by atoms with Gasteiger partial charge >= 0.3 is 156 Å². The van der Waals surface area contributed by atoms with Crippen molar-refractivity contribution in [2.24, 2.45) is 0 Å². The molecule has 0 aliphatic heterocycles. The Kier molecular flexibility index (Phi) is 4.74. The molecule has 2 heterocycles. The number of nitriles is 1. The molecule has 0 saturated heterocycles. The van der Waals surface area contributed by atoms with Crippen LogP contribution in [-0.2, 0) is 26.4 Å². The van der Waals surface area contributed by atoms with Crippen molar-refractivity contribution in [3.8, 4) is 11.8 Å². The van der Waals surface area contributed by atoms with Gasteiger partial charge in [0.05, 0.1) is 0 Å². The van der Waals surface area contributed by atoms with Crippen LogP contribution in [-0.4, -0.2) is 24.2 Å². The Balaban J connectivity index is 2.34. The van der Waals surface area contributed by atoms with Gasteiger partial charge in [0.2, 0.25) is 0 Å². The summed E-state index contributed by atoms with van der Waals surface area (Å²) < 4.78 is 3.80. The van der Waals surface area contributed by atoms with Gasteiger partial charge < -0.3 is 0 Å². The molecule has 0 saturated carbocycles. The molecule has 0 aliphatic carbocycles. The molecule has 115 valence electrons. The molecule has 6 nitrogen and oxygen atoms in total. The van der Waals surface area contributed by atoms with E-state index in [9.17, 15) is 4.79 Å². The van der Waals surface area contributed by atoms with E-state index in [-0.39, 0.29) is 11.6 Å². The molecule has 7 heteroatoms. The molecule has 0 radical (unpaired) electrons. The predicted octanol–water partition coefficient (Wildman–Crippen LogP) is 2.11. The molecule has 1 aromatic carbocycles. The van der Waals surface area contributed by atoms with Gasteiger partial charge in [-0.25, -0.2) is 0 Å². The molecule has 0 fully saturated rings. The second kappa shape index (κ2) is 6.79. The number of fused-ring (bicyclic) bond motifs is 1. The summed E-state index contributed by atoms with van der Waals surface area (Å²) in [5, 5.41) is 9.46. The summed E-state index contributed by atoms with van der Waals surface area (Å²) >= 11 is 0.402. The van der Waals surface area contributed by atoms with Crippen molar-refractivity contribution >= 4 is 11.0 Å². The van der Waals surface area contributed by atoms with Gasteiger partial charge in [-0.1, -0.05) is 0 Å². The fourth-order valence-electron chi connectivity index (χ4n) is 2.45. The molecule has 1 atom stereocenters. The zero-order valence-corrected chi connectivity index (χ0v) is 19.0. The van der Waals surface area contributed by atoms with E-state index in [1.54, 1.807) is 47.2 Å². The van der Waals surface area contributed by atoms with Crippen LogP contribution in [0.25, 0.3) is 16.7 Å². The van der Waals surface area contributed by atoms with E-state index in [1.807, 2.05) is 14.0 Å². The van der Waals surface area contributed by atoms with E-state index in [1.165, 1.54) is 0 Å². The number of rotatable bonds is 3.